The van der Waals surface area contributed by atoms with E-state index in [9.17, 15) is 0 Å². The van der Waals surface area contributed by atoms with Crippen molar-refractivity contribution in [1.82, 2.24) is 0 Å². The van der Waals surface area contributed by atoms with Crippen LogP contribution in [-0.2, 0) is 4.74 Å². The fourth-order valence-corrected chi connectivity index (χ4v) is 2.30. The molecule has 2 N–H and O–H groups in total. The Morgan fingerprint density at radius 3 is 2.47 bits per heavy atom. The van der Waals surface area contributed by atoms with Crippen LogP contribution < -0.4 is 10.6 Å². The summed E-state index contributed by atoms with van der Waals surface area (Å²) in [4.78, 5) is 2.44. The Morgan fingerprint density at radius 2 is 1.95 bits per heavy atom. The van der Waals surface area contributed by atoms with Gasteiger partial charge in [0.1, 0.15) is 0 Å². The molecule has 0 spiro atoms. The molecule has 0 aliphatic rings. The van der Waals surface area contributed by atoms with Crippen molar-refractivity contribution in [3.63, 3.8) is 0 Å². The van der Waals surface area contributed by atoms with Crippen molar-refractivity contribution in [1.29, 1.82) is 0 Å². The summed E-state index contributed by atoms with van der Waals surface area (Å²) in [7, 11) is 1.75. The van der Waals surface area contributed by atoms with Crippen LogP contribution in [0.3, 0.4) is 0 Å². The minimum atomic E-state index is -0.0491. The van der Waals surface area contributed by atoms with Gasteiger partial charge >= 0.3 is 0 Å². The van der Waals surface area contributed by atoms with E-state index in [2.05, 4.69) is 49.1 Å². The molecule has 108 valence electrons. The van der Waals surface area contributed by atoms with Crippen molar-refractivity contribution in [3.05, 3.63) is 30.3 Å². The Bertz CT molecular complexity index is 342. The third-order valence-corrected chi connectivity index (χ3v) is 3.74. The molecule has 0 radical (unpaired) electrons. The average molecular weight is 264 g/mol. The molecule has 0 saturated heterocycles. The molecule has 1 aromatic carbocycles. The monoisotopic (exact) mass is 264 g/mol. The van der Waals surface area contributed by atoms with Crippen LogP contribution in [0.15, 0.2) is 30.3 Å². The first-order valence-electron chi connectivity index (χ1n) is 7.19. The van der Waals surface area contributed by atoms with E-state index in [0.717, 1.165) is 19.6 Å². The van der Waals surface area contributed by atoms with Crippen molar-refractivity contribution < 1.29 is 4.74 Å². The molecule has 1 unspecified atom stereocenters. The van der Waals surface area contributed by atoms with Gasteiger partial charge in [0.25, 0.3) is 0 Å². The molecule has 0 heterocycles. The lowest BCUT2D eigenvalue weighted by Gasteiger charge is -2.42. The number of unbranched alkanes of at least 4 members (excludes halogenated alkanes) is 1. The summed E-state index contributed by atoms with van der Waals surface area (Å²) in [5.74, 6) is 0. The number of anilines is 1. The van der Waals surface area contributed by atoms with Gasteiger partial charge in [-0.1, -0.05) is 31.5 Å². The molecule has 0 amide bonds. The van der Waals surface area contributed by atoms with Crippen molar-refractivity contribution in [3.8, 4) is 0 Å². The molecule has 0 aliphatic heterocycles. The number of para-hydroxylation sites is 1. The van der Waals surface area contributed by atoms with Gasteiger partial charge in [-0.3, -0.25) is 0 Å². The fourth-order valence-electron chi connectivity index (χ4n) is 2.30. The Hall–Kier alpha value is -1.06. The van der Waals surface area contributed by atoms with Crippen LogP contribution in [0.1, 0.15) is 33.1 Å². The highest BCUT2D eigenvalue weighted by molar-refractivity contribution is 5.49. The highest BCUT2D eigenvalue weighted by Crippen LogP contribution is 2.26. The minimum absolute atomic E-state index is 0.0491. The molecule has 3 heteroatoms. The Balaban J connectivity index is 2.93. The highest BCUT2D eigenvalue weighted by atomic mass is 16.5. The Labute approximate surface area is 117 Å². The molecular formula is C16H28N2O. The van der Waals surface area contributed by atoms with E-state index in [0.29, 0.717) is 6.54 Å². The quantitative estimate of drug-likeness (QED) is 0.745. The lowest BCUT2D eigenvalue weighted by atomic mass is 9.94. The maximum Gasteiger partial charge on any atom is 0.0518 e. The van der Waals surface area contributed by atoms with Gasteiger partial charge in [0.05, 0.1) is 5.54 Å². The van der Waals surface area contributed by atoms with Crippen LogP contribution in [0.4, 0.5) is 5.69 Å². The lowest BCUT2D eigenvalue weighted by Crippen LogP contribution is -2.53. The summed E-state index contributed by atoms with van der Waals surface area (Å²) in [6.45, 7) is 6.86. The number of hydrogen-bond donors (Lipinski definition) is 1. The number of benzene rings is 1. The molecule has 1 atom stereocenters. The molecular weight excluding hydrogens is 236 g/mol. The maximum atomic E-state index is 6.06. The standard InChI is InChI=1S/C16H28N2O/c1-4-5-12-18(15-9-7-6-8-10-15)16(2,14-17)11-13-19-3/h6-10H,4-5,11-14,17H2,1-3H3. The Morgan fingerprint density at radius 1 is 1.26 bits per heavy atom. The highest BCUT2D eigenvalue weighted by Gasteiger charge is 2.30. The average Bonchev–Trinajstić information content (AvgIpc) is 2.46. The SMILES string of the molecule is CCCCN(c1ccccc1)C(C)(CN)CCOC. The molecule has 0 aliphatic carbocycles. The van der Waals surface area contributed by atoms with Crippen molar-refractivity contribution >= 4 is 5.69 Å². The first-order chi connectivity index (χ1) is 9.18. The van der Waals surface area contributed by atoms with Gasteiger partial charge in [0, 0.05) is 32.5 Å². The number of ether oxygens (including phenoxy) is 1. The largest absolute Gasteiger partial charge is 0.385 e. The minimum Gasteiger partial charge on any atom is -0.385 e. The van der Waals surface area contributed by atoms with Crippen LogP contribution in [0.25, 0.3) is 0 Å². The normalized spacial score (nSPS) is 14.1. The summed E-state index contributed by atoms with van der Waals surface area (Å²) in [5.41, 5.74) is 7.26. The first kappa shape index (κ1) is 16.0. The summed E-state index contributed by atoms with van der Waals surface area (Å²) in [6.07, 6.45) is 3.31. The zero-order valence-electron chi connectivity index (χ0n) is 12.6. The fraction of sp³-hybridized carbons (Fsp3) is 0.625. The van der Waals surface area contributed by atoms with E-state index < -0.39 is 0 Å². The number of methoxy groups -OCH3 is 1. The van der Waals surface area contributed by atoms with Crippen LogP contribution >= 0.6 is 0 Å². The lowest BCUT2D eigenvalue weighted by molar-refractivity contribution is 0.170. The van der Waals surface area contributed by atoms with Gasteiger partial charge in [-0.25, -0.2) is 0 Å². The van der Waals surface area contributed by atoms with E-state index in [4.69, 9.17) is 10.5 Å². The molecule has 0 bridgehead atoms. The zero-order chi connectivity index (χ0) is 14.1. The van der Waals surface area contributed by atoms with Gasteiger partial charge < -0.3 is 15.4 Å². The third kappa shape index (κ3) is 4.51. The van der Waals surface area contributed by atoms with E-state index in [-0.39, 0.29) is 5.54 Å². The smallest absolute Gasteiger partial charge is 0.0518 e. The number of nitrogens with zero attached hydrogens (tertiary/aromatic N) is 1. The molecule has 1 aromatic rings. The molecule has 0 saturated carbocycles. The van der Waals surface area contributed by atoms with Gasteiger partial charge in [0.15, 0.2) is 0 Å². The zero-order valence-corrected chi connectivity index (χ0v) is 12.6. The second-order valence-electron chi connectivity index (χ2n) is 5.28. The van der Waals surface area contributed by atoms with Crippen LogP contribution in [0, 0.1) is 0 Å². The van der Waals surface area contributed by atoms with Crippen molar-refractivity contribution in [2.45, 2.75) is 38.6 Å². The van der Waals surface area contributed by atoms with Crippen LogP contribution in [0.2, 0.25) is 0 Å². The van der Waals surface area contributed by atoms with Gasteiger partial charge in [-0.2, -0.15) is 0 Å². The number of rotatable bonds is 9. The van der Waals surface area contributed by atoms with Crippen LogP contribution in [-0.4, -0.2) is 32.3 Å². The molecule has 0 aromatic heterocycles. The van der Waals surface area contributed by atoms with Crippen LogP contribution in [0.5, 0.6) is 0 Å². The molecule has 3 nitrogen and oxygen atoms in total. The summed E-state index contributed by atoms with van der Waals surface area (Å²) in [6, 6.07) is 10.5. The van der Waals surface area contributed by atoms with Gasteiger partial charge in [0.2, 0.25) is 0 Å². The number of hydrogen-bond acceptors (Lipinski definition) is 3. The third-order valence-electron chi connectivity index (χ3n) is 3.74. The molecule has 0 fully saturated rings. The summed E-state index contributed by atoms with van der Waals surface area (Å²) < 4.78 is 5.25. The van der Waals surface area contributed by atoms with Gasteiger partial charge in [-0.05, 0) is 31.9 Å². The topological polar surface area (TPSA) is 38.5 Å². The summed E-state index contributed by atoms with van der Waals surface area (Å²) in [5, 5.41) is 0. The van der Waals surface area contributed by atoms with E-state index in [1.807, 2.05) is 0 Å². The molecule has 1 rings (SSSR count). The van der Waals surface area contributed by atoms with Crippen molar-refractivity contribution in [2.24, 2.45) is 5.73 Å². The Kier molecular flexibility index (Phi) is 6.89. The second-order valence-corrected chi connectivity index (χ2v) is 5.28. The maximum absolute atomic E-state index is 6.06. The first-order valence-corrected chi connectivity index (χ1v) is 7.19. The predicted octanol–water partition coefficient (Wildman–Crippen LogP) is 3.05. The van der Waals surface area contributed by atoms with E-state index >= 15 is 0 Å². The molecule has 19 heavy (non-hydrogen) atoms. The summed E-state index contributed by atoms with van der Waals surface area (Å²) >= 11 is 0. The van der Waals surface area contributed by atoms with Crippen molar-refractivity contribution in [2.75, 3.05) is 31.7 Å². The van der Waals surface area contributed by atoms with E-state index in [1.54, 1.807) is 7.11 Å². The predicted molar refractivity (Wildman–Crippen MR) is 82.6 cm³/mol. The second kappa shape index (κ2) is 8.18. The van der Waals surface area contributed by atoms with Gasteiger partial charge in [-0.15, -0.1) is 0 Å². The number of nitrogens with two attached hydrogens (primary N) is 1. The van der Waals surface area contributed by atoms with E-state index in [1.165, 1.54) is 18.5 Å².